The molecule has 5 aromatic rings. The van der Waals surface area contributed by atoms with E-state index in [9.17, 15) is 4.79 Å². The number of fused-ring (bicyclic) bond motifs is 1. The largest absolute Gasteiger partial charge is 0.436 e. The zero-order chi connectivity index (χ0) is 23.7. The third-order valence-electron chi connectivity index (χ3n) is 6.82. The molecule has 3 N–H and O–H groups in total. The third kappa shape index (κ3) is 4.00. The predicted octanol–water partition coefficient (Wildman–Crippen LogP) is 5.14. The number of oxazole rings is 1. The number of benzene rings is 3. The van der Waals surface area contributed by atoms with Crippen molar-refractivity contribution in [2.45, 2.75) is 18.3 Å². The van der Waals surface area contributed by atoms with E-state index in [-0.39, 0.29) is 5.91 Å². The number of hydrogen-bond donors (Lipinski definition) is 3. The highest BCUT2D eigenvalue weighted by Crippen LogP contribution is 2.36. The van der Waals surface area contributed by atoms with Crippen LogP contribution in [0.1, 0.15) is 18.4 Å². The minimum absolute atomic E-state index is 0.00442. The fraction of sp³-hybridized carbons (Fsp3) is 0.179. The Kier molecular flexibility index (Phi) is 5.39. The van der Waals surface area contributed by atoms with Gasteiger partial charge in [-0.1, -0.05) is 42.5 Å². The lowest BCUT2D eigenvalue weighted by molar-refractivity contribution is -0.122. The quantitative estimate of drug-likeness (QED) is 0.335. The summed E-state index contributed by atoms with van der Waals surface area (Å²) in [6.07, 6.45) is 5.13. The first-order valence-corrected chi connectivity index (χ1v) is 11.8. The molecule has 0 bridgehead atoms. The van der Waals surface area contributed by atoms with Crippen LogP contribution in [0.3, 0.4) is 0 Å². The summed E-state index contributed by atoms with van der Waals surface area (Å²) >= 11 is 0. The summed E-state index contributed by atoms with van der Waals surface area (Å²) in [5.41, 5.74) is 5.61. The summed E-state index contributed by atoms with van der Waals surface area (Å²) < 4.78 is 5.92. The Hall–Kier alpha value is -4.23. The number of nitrogens with one attached hydrogen (secondary N) is 3. The van der Waals surface area contributed by atoms with Crippen LogP contribution in [0.5, 0.6) is 0 Å². The molecule has 1 amide bonds. The van der Waals surface area contributed by atoms with Crippen molar-refractivity contribution in [2.24, 2.45) is 0 Å². The van der Waals surface area contributed by atoms with Gasteiger partial charge in [0, 0.05) is 23.0 Å². The van der Waals surface area contributed by atoms with E-state index in [4.69, 9.17) is 4.42 Å². The van der Waals surface area contributed by atoms with Gasteiger partial charge in [-0.3, -0.25) is 9.89 Å². The standard InChI is InChI=1S/C28H25N5O2/c34-27(32-23-5-3-4-20(16-23)26-33-24-6-1-2-7-25(24)35-26)28(12-14-29-15-13-28)22-10-8-19(9-11-22)21-17-30-31-18-21/h1-11,16-18,29H,12-15H2,(H,30,31)(H,32,34). The minimum atomic E-state index is -0.603. The van der Waals surface area contributed by atoms with Crippen molar-refractivity contribution in [1.29, 1.82) is 0 Å². The van der Waals surface area contributed by atoms with Crippen LogP contribution in [0.25, 0.3) is 33.7 Å². The molecule has 174 valence electrons. The van der Waals surface area contributed by atoms with Gasteiger partial charge in [0.15, 0.2) is 5.58 Å². The number of nitrogens with zero attached hydrogens (tertiary/aromatic N) is 2. The van der Waals surface area contributed by atoms with E-state index >= 15 is 0 Å². The Balaban J connectivity index is 1.29. The molecule has 0 spiro atoms. The van der Waals surface area contributed by atoms with E-state index < -0.39 is 5.41 Å². The van der Waals surface area contributed by atoms with Gasteiger partial charge in [0.05, 0.1) is 11.6 Å². The van der Waals surface area contributed by atoms with Crippen LogP contribution in [0.4, 0.5) is 5.69 Å². The Labute approximate surface area is 202 Å². The first-order chi connectivity index (χ1) is 17.2. The fourth-order valence-electron chi connectivity index (χ4n) is 4.87. The molecule has 2 aromatic heterocycles. The molecule has 0 aliphatic carbocycles. The van der Waals surface area contributed by atoms with E-state index in [2.05, 4.69) is 50.1 Å². The Bertz CT molecular complexity index is 1430. The van der Waals surface area contributed by atoms with E-state index in [0.29, 0.717) is 5.89 Å². The van der Waals surface area contributed by atoms with Crippen molar-refractivity contribution < 1.29 is 9.21 Å². The smallest absolute Gasteiger partial charge is 0.235 e. The summed E-state index contributed by atoms with van der Waals surface area (Å²) in [5, 5.41) is 13.5. The van der Waals surface area contributed by atoms with E-state index in [1.54, 1.807) is 6.20 Å². The molecule has 3 heterocycles. The summed E-state index contributed by atoms with van der Waals surface area (Å²) in [6, 6.07) is 23.6. The second-order valence-electron chi connectivity index (χ2n) is 8.92. The van der Waals surface area contributed by atoms with Crippen LogP contribution in [-0.4, -0.2) is 34.2 Å². The first kappa shape index (κ1) is 21.3. The molecule has 1 aliphatic rings. The summed E-state index contributed by atoms with van der Waals surface area (Å²) in [6.45, 7) is 1.58. The van der Waals surface area contributed by atoms with Crippen LogP contribution in [0.15, 0.2) is 89.6 Å². The number of piperidine rings is 1. The average molecular weight is 464 g/mol. The maximum absolute atomic E-state index is 13.8. The number of carbonyl (C=O) groups is 1. The maximum atomic E-state index is 13.8. The second kappa shape index (κ2) is 8.85. The van der Waals surface area contributed by atoms with Crippen molar-refractivity contribution in [2.75, 3.05) is 18.4 Å². The predicted molar refractivity (Wildman–Crippen MR) is 136 cm³/mol. The highest BCUT2D eigenvalue weighted by molar-refractivity contribution is 5.99. The zero-order valence-electron chi connectivity index (χ0n) is 19.1. The number of H-pyrrole nitrogens is 1. The Morgan fingerprint density at radius 2 is 1.74 bits per heavy atom. The lowest BCUT2D eigenvalue weighted by atomic mass is 9.72. The maximum Gasteiger partial charge on any atom is 0.235 e. The molecule has 3 aromatic carbocycles. The molecule has 0 radical (unpaired) electrons. The van der Waals surface area contributed by atoms with Crippen molar-refractivity contribution in [3.05, 3.63) is 90.8 Å². The summed E-state index contributed by atoms with van der Waals surface area (Å²) in [5.74, 6) is 0.540. The molecule has 6 rings (SSSR count). The number of rotatable bonds is 5. The molecule has 0 unspecified atom stereocenters. The van der Waals surface area contributed by atoms with Gasteiger partial charge in [0.1, 0.15) is 5.52 Å². The molecule has 1 fully saturated rings. The molecular weight excluding hydrogens is 438 g/mol. The van der Waals surface area contributed by atoms with Gasteiger partial charge in [-0.25, -0.2) is 4.98 Å². The van der Waals surface area contributed by atoms with Gasteiger partial charge in [0.25, 0.3) is 0 Å². The van der Waals surface area contributed by atoms with Gasteiger partial charge in [-0.15, -0.1) is 0 Å². The van der Waals surface area contributed by atoms with Gasteiger partial charge >= 0.3 is 0 Å². The number of para-hydroxylation sites is 2. The molecule has 7 heteroatoms. The summed E-state index contributed by atoms with van der Waals surface area (Å²) in [7, 11) is 0. The van der Waals surface area contributed by atoms with Gasteiger partial charge in [-0.2, -0.15) is 5.10 Å². The van der Waals surface area contributed by atoms with Crippen LogP contribution in [0, 0.1) is 0 Å². The highest BCUT2D eigenvalue weighted by Gasteiger charge is 2.41. The molecular formula is C28H25N5O2. The van der Waals surface area contributed by atoms with Crippen LogP contribution < -0.4 is 10.6 Å². The van der Waals surface area contributed by atoms with Gasteiger partial charge in [0.2, 0.25) is 11.8 Å². The monoisotopic (exact) mass is 463 g/mol. The molecule has 35 heavy (non-hydrogen) atoms. The highest BCUT2D eigenvalue weighted by atomic mass is 16.3. The molecule has 0 saturated carbocycles. The normalized spacial score (nSPS) is 15.2. The van der Waals surface area contributed by atoms with Crippen LogP contribution in [-0.2, 0) is 10.2 Å². The lowest BCUT2D eigenvalue weighted by Crippen LogP contribution is -2.48. The number of aromatic amines is 1. The topological polar surface area (TPSA) is 95.8 Å². The van der Waals surface area contributed by atoms with E-state index in [1.165, 1.54) is 0 Å². The Morgan fingerprint density at radius 1 is 0.914 bits per heavy atom. The number of anilines is 1. The SMILES string of the molecule is O=C(Nc1cccc(-c2nc3ccccc3o2)c1)C1(c2ccc(-c3cn[nH]c3)cc2)CCNCC1. The third-order valence-corrected chi connectivity index (χ3v) is 6.82. The van der Waals surface area contributed by atoms with Gasteiger partial charge < -0.3 is 15.1 Å². The van der Waals surface area contributed by atoms with E-state index in [0.717, 1.165) is 65.0 Å². The Morgan fingerprint density at radius 3 is 2.51 bits per heavy atom. The van der Waals surface area contributed by atoms with Crippen LogP contribution >= 0.6 is 0 Å². The van der Waals surface area contributed by atoms with Crippen molar-refractivity contribution in [3.8, 4) is 22.6 Å². The molecule has 1 aliphatic heterocycles. The van der Waals surface area contributed by atoms with Crippen molar-refractivity contribution >= 4 is 22.7 Å². The van der Waals surface area contributed by atoms with Crippen molar-refractivity contribution in [3.63, 3.8) is 0 Å². The average Bonchev–Trinajstić information content (AvgIpc) is 3.60. The number of amides is 1. The molecule has 1 saturated heterocycles. The lowest BCUT2D eigenvalue weighted by Gasteiger charge is -2.37. The van der Waals surface area contributed by atoms with Gasteiger partial charge in [-0.05, 0) is 67.4 Å². The first-order valence-electron chi connectivity index (χ1n) is 11.8. The van der Waals surface area contributed by atoms with Crippen molar-refractivity contribution in [1.82, 2.24) is 20.5 Å². The number of carbonyl (C=O) groups excluding carboxylic acids is 1. The minimum Gasteiger partial charge on any atom is -0.436 e. The zero-order valence-corrected chi connectivity index (χ0v) is 19.1. The molecule has 7 nitrogen and oxygen atoms in total. The van der Waals surface area contributed by atoms with E-state index in [1.807, 2.05) is 54.7 Å². The molecule has 0 atom stereocenters. The summed E-state index contributed by atoms with van der Waals surface area (Å²) in [4.78, 5) is 18.4. The second-order valence-corrected chi connectivity index (χ2v) is 8.92. The number of hydrogen-bond acceptors (Lipinski definition) is 5. The fourth-order valence-corrected chi connectivity index (χ4v) is 4.87. The number of aromatic nitrogens is 3. The van der Waals surface area contributed by atoms with Crippen LogP contribution in [0.2, 0.25) is 0 Å².